The number of anilines is 1. The molecule has 0 aliphatic heterocycles. The molecule has 5 aromatic rings. The zero-order chi connectivity index (χ0) is 32.0. The molecule has 0 aliphatic carbocycles. The largest absolute Gasteiger partial charge is 0.480 e. The van der Waals surface area contributed by atoms with Crippen LogP contribution in [0.1, 0.15) is 27.9 Å². The van der Waals surface area contributed by atoms with Crippen LogP contribution in [0.4, 0.5) is 5.82 Å². The highest BCUT2D eigenvalue weighted by Crippen LogP contribution is 2.28. The van der Waals surface area contributed by atoms with E-state index < -0.39 is 34.5 Å². The van der Waals surface area contributed by atoms with Crippen LogP contribution in [0.15, 0.2) is 96.2 Å². The molecule has 4 N–H and O–H groups in total. The van der Waals surface area contributed by atoms with Crippen LogP contribution in [0.3, 0.4) is 0 Å². The normalized spacial score (nSPS) is 12.1. The van der Waals surface area contributed by atoms with Crippen LogP contribution in [0, 0.1) is 13.8 Å². The number of aryl methyl sites for hydroxylation is 3. The van der Waals surface area contributed by atoms with Gasteiger partial charge in [0.1, 0.15) is 11.9 Å². The van der Waals surface area contributed by atoms with E-state index in [1.165, 1.54) is 0 Å². The Labute approximate surface area is 261 Å². The van der Waals surface area contributed by atoms with E-state index >= 15 is 0 Å². The third-order valence-corrected chi connectivity index (χ3v) is 9.10. The molecule has 45 heavy (non-hydrogen) atoms. The number of hydrogen-bond donors (Lipinski definition) is 4. The second-order valence-corrected chi connectivity index (χ2v) is 12.3. The summed E-state index contributed by atoms with van der Waals surface area (Å²) in [5.41, 5.74) is 3.90. The highest BCUT2D eigenvalue weighted by molar-refractivity contribution is 7.89. The molecule has 11 nitrogen and oxygen atoms in total. The number of sulfonamides is 1. The number of amides is 1. The summed E-state index contributed by atoms with van der Waals surface area (Å²) in [6.07, 6.45) is 4.20. The number of aliphatic carboxylic acids is 1. The Bertz CT molecular complexity index is 1900. The molecule has 2 heterocycles. The number of benzene rings is 3. The van der Waals surface area contributed by atoms with E-state index in [2.05, 4.69) is 25.4 Å². The Kier molecular flexibility index (Phi) is 9.55. The fourth-order valence-corrected chi connectivity index (χ4v) is 6.86. The van der Waals surface area contributed by atoms with Gasteiger partial charge in [0.15, 0.2) is 0 Å². The molecule has 1 amide bonds. The van der Waals surface area contributed by atoms with E-state index in [9.17, 15) is 23.1 Å². The molecule has 0 spiro atoms. The van der Waals surface area contributed by atoms with E-state index in [1.807, 2.05) is 53.2 Å². The second kappa shape index (κ2) is 13.7. The Hall–Kier alpha value is -5.07. The smallest absolute Gasteiger partial charge is 0.323 e. The lowest BCUT2D eigenvalue weighted by Crippen LogP contribution is -2.48. The standard InChI is InChI=1S/C33H34N6O5S/c1-22-17-26(24-9-4-3-5-10-24)18-23(2)31(22)45(43,44)38-28(33(41)42)21-36-32(40)25-12-13-29-27(19-25)20-37-39(29)16-8-15-35-30-11-6-7-14-34-30/h3-7,9-14,17-20,28,38H,8,15-16,21H2,1-2H3,(H,34,35)(H,36,40)(H,41,42). The average molecular weight is 627 g/mol. The third-order valence-electron chi connectivity index (χ3n) is 7.32. The number of carbonyl (C=O) groups excluding carboxylic acids is 1. The molecule has 0 radical (unpaired) electrons. The van der Waals surface area contributed by atoms with Crippen molar-refractivity contribution in [2.24, 2.45) is 0 Å². The number of carboxylic acid groups (broad SMARTS) is 1. The van der Waals surface area contributed by atoms with Crippen LogP contribution >= 0.6 is 0 Å². The molecular weight excluding hydrogens is 592 g/mol. The van der Waals surface area contributed by atoms with Crippen molar-refractivity contribution in [1.82, 2.24) is 24.8 Å². The number of carbonyl (C=O) groups is 2. The van der Waals surface area contributed by atoms with Gasteiger partial charge in [-0.15, -0.1) is 0 Å². The van der Waals surface area contributed by atoms with Gasteiger partial charge in [0.05, 0.1) is 16.6 Å². The van der Waals surface area contributed by atoms with Gasteiger partial charge in [-0.05, 0) is 72.9 Å². The minimum absolute atomic E-state index is 0.00901. The Morgan fingerprint density at radius 2 is 1.67 bits per heavy atom. The molecule has 3 aromatic carbocycles. The van der Waals surface area contributed by atoms with Crippen molar-refractivity contribution in [2.75, 3.05) is 18.4 Å². The molecule has 0 saturated heterocycles. The van der Waals surface area contributed by atoms with Crippen molar-refractivity contribution in [2.45, 2.75) is 37.8 Å². The summed E-state index contributed by atoms with van der Waals surface area (Å²) in [4.78, 5) is 29.2. The van der Waals surface area contributed by atoms with E-state index in [1.54, 1.807) is 56.6 Å². The first-order valence-electron chi connectivity index (χ1n) is 14.4. The van der Waals surface area contributed by atoms with Crippen molar-refractivity contribution in [3.8, 4) is 11.1 Å². The number of hydrogen-bond acceptors (Lipinski definition) is 7. The number of carboxylic acids is 1. The molecule has 1 unspecified atom stereocenters. The van der Waals surface area contributed by atoms with Gasteiger partial charge in [0.25, 0.3) is 5.91 Å². The van der Waals surface area contributed by atoms with Crippen molar-refractivity contribution >= 4 is 38.6 Å². The molecule has 0 aliphatic rings. The Morgan fingerprint density at radius 3 is 2.36 bits per heavy atom. The SMILES string of the molecule is Cc1cc(-c2ccccc2)cc(C)c1S(=O)(=O)NC(CNC(=O)c1ccc2c(cnn2CCCNc2ccccn2)c1)C(=O)O. The van der Waals surface area contributed by atoms with Gasteiger partial charge in [0, 0.05) is 36.8 Å². The number of rotatable bonds is 13. The van der Waals surface area contributed by atoms with E-state index in [0.717, 1.165) is 34.3 Å². The van der Waals surface area contributed by atoms with Crippen molar-refractivity contribution in [1.29, 1.82) is 0 Å². The van der Waals surface area contributed by atoms with Gasteiger partial charge in [-0.25, -0.2) is 13.4 Å². The maximum Gasteiger partial charge on any atom is 0.323 e. The summed E-state index contributed by atoms with van der Waals surface area (Å²) in [6, 6.07) is 22.2. The molecule has 0 fully saturated rings. The van der Waals surface area contributed by atoms with Crippen LogP contribution in [0.5, 0.6) is 0 Å². The van der Waals surface area contributed by atoms with E-state index in [0.29, 0.717) is 29.8 Å². The minimum atomic E-state index is -4.23. The molecule has 0 saturated carbocycles. The monoisotopic (exact) mass is 626 g/mol. The molecule has 232 valence electrons. The van der Waals surface area contributed by atoms with Crippen LogP contribution in [0.2, 0.25) is 0 Å². The maximum atomic E-state index is 13.4. The van der Waals surface area contributed by atoms with E-state index in [-0.39, 0.29) is 4.90 Å². The quantitative estimate of drug-likeness (QED) is 0.140. The molecule has 1 atom stereocenters. The van der Waals surface area contributed by atoms with E-state index in [4.69, 9.17) is 0 Å². The first kappa shape index (κ1) is 31.4. The molecule has 12 heteroatoms. The van der Waals surface area contributed by atoms with Gasteiger partial charge in [-0.1, -0.05) is 48.5 Å². The van der Waals surface area contributed by atoms with Crippen molar-refractivity contribution in [3.05, 3.63) is 108 Å². The summed E-state index contributed by atoms with van der Waals surface area (Å²) in [7, 11) is -4.23. The fourth-order valence-electron chi connectivity index (χ4n) is 5.21. The molecular formula is C33H34N6O5S. The Morgan fingerprint density at radius 1 is 0.933 bits per heavy atom. The van der Waals surface area contributed by atoms with Crippen LogP contribution in [0.25, 0.3) is 22.0 Å². The summed E-state index contributed by atoms with van der Waals surface area (Å²) in [5, 5.41) is 20.8. The first-order valence-corrected chi connectivity index (χ1v) is 15.9. The van der Waals surface area contributed by atoms with Crippen molar-refractivity contribution < 1.29 is 23.1 Å². The Balaban J connectivity index is 1.21. The molecule has 2 aromatic heterocycles. The topological polar surface area (TPSA) is 155 Å². The van der Waals surface area contributed by atoms with Gasteiger partial charge < -0.3 is 15.7 Å². The van der Waals surface area contributed by atoms with Crippen LogP contribution in [-0.2, 0) is 21.4 Å². The summed E-state index contributed by atoms with van der Waals surface area (Å²) < 4.78 is 30.8. The molecule has 0 bridgehead atoms. The number of fused-ring (bicyclic) bond motifs is 1. The summed E-state index contributed by atoms with van der Waals surface area (Å²) in [6.45, 7) is 4.26. The predicted molar refractivity (Wildman–Crippen MR) is 173 cm³/mol. The first-order chi connectivity index (χ1) is 21.6. The number of pyridine rings is 1. The van der Waals surface area contributed by atoms with Gasteiger partial charge in [-0.2, -0.15) is 9.82 Å². The van der Waals surface area contributed by atoms with Crippen LogP contribution < -0.4 is 15.4 Å². The zero-order valence-electron chi connectivity index (χ0n) is 24.9. The second-order valence-electron chi connectivity index (χ2n) is 10.7. The van der Waals surface area contributed by atoms with Gasteiger partial charge in [-0.3, -0.25) is 14.3 Å². The van der Waals surface area contributed by atoms with Crippen molar-refractivity contribution in [3.63, 3.8) is 0 Å². The number of nitrogens with zero attached hydrogens (tertiary/aromatic N) is 3. The highest BCUT2D eigenvalue weighted by atomic mass is 32.2. The van der Waals surface area contributed by atoms with Gasteiger partial charge >= 0.3 is 5.97 Å². The summed E-state index contributed by atoms with van der Waals surface area (Å²) in [5.74, 6) is -1.14. The lowest BCUT2D eigenvalue weighted by molar-refractivity contribution is -0.138. The fraction of sp³-hybridized carbons (Fsp3) is 0.212. The number of aromatic nitrogens is 3. The lowest BCUT2D eigenvalue weighted by Gasteiger charge is -2.19. The lowest BCUT2D eigenvalue weighted by atomic mass is 10.0. The average Bonchev–Trinajstić information content (AvgIpc) is 3.43. The maximum absolute atomic E-state index is 13.4. The predicted octanol–water partition coefficient (Wildman–Crippen LogP) is 4.38. The highest BCUT2D eigenvalue weighted by Gasteiger charge is 2.28. The zero-order valence-corrected chi connectivity index (χ0v) is 25.7. The third kappa shape index (κ3) is 7.54. The van der Waals surface area contributed by atoms with Gasteiger partial charge in [0.2, 0.25) is 10.0 Å². The van der Waals surface area contributed by atoms with Crippen LogP contribution in [-0.4, -0.2) is 59.3 Å². The summed E-state index contributed by atoms with van der Waals surface area (Å²) >= 11 is 0. The minimum Gasteiger partial charge on any atom is -0.480 e. The number of nitrogens with one attached hydrogen (secondary N) is 3. The molecule has 5 rings (SSSR count).